The van der Waals surface area contributed by atoms with Crippen LogP contribution in [0.4, 0.5) is 5.00 Å². The van der Waals surface area contributed by atoms with Crippen molar-refractivity contribution in [2.24, 2.45) is 5.73 Å². The number of thiophene rings is 2. The molecule has 1 atom stereocenters. The SMILES string of the molecule is CC(OC(=O)CCNC(=O)CCC(=O)c1cccs1)C(=O)Nc1sc2c(c1C(N)=O)CCC2. The molecule has 176 valence electrons. The number of esters is 1. The number of ketones is 1. The molecule has 0 aromatic carbocycles. The second-order valence-corrected chi connectivity index (χ2v) is 9.60. The Bertz CT molecular complexity index is 1060. The van der Waals surface area contributed by atoms with Gasteiger partial charge in [-0.05, 0) is 43.2 Å². The van der Waals surface area contributed by atoms with Crippen LogP contribution in [0.25, 0.3) is 0 Å². The highest BCUT2D eigenvalue weighted by Gasteiger charge is 2.27. The summed E-state index contributed by atoms with van der Waals surface area (Å²) in [7, 11) is 0. The van der Waals surface area contributed by atoms with Gasteiger partial charge in [0.15, 0.2) is 11.9 Å². The molecular formula is C22H25N3O6S2. The number of rotatable bonds is 11. The highest BCUT2D eigenvalue weighted by Crippen LogP contribution is 2.38. The summed E-state index contributed by atoms with van der Waals surface area (Å²) in [4.78, 5) is 61.7. The first-order chi connectivity index (χ1) is 15.8. The van der Waals surface area contributed by atoms with Crippen LogP contribution in [-0.4, -0.2) is 42.1 Å². The summed E-state index contributed by atoms with van der Waals surface area (Å²) in [5.41, 5.74) is 6.71. The van der Waals surface area contributed by atoms with Gasteiger partial charge >= 0.3 is 5.97 Å². The molecule has 0 saturated heterocycles. The van der Waals surface area contributed by atoms with Crippen molar-refractivity contribution < 1.29 is 28.7 Å². The number of aryl methyl sites for hydroxylation is 1. The van der Waals surface area contributed by atoms with Crippen LogP contribution in [0.1, 0.15) is 63.1 Å². The Morgan fingerprint density at radius 2 is 1.94 bits per heavy atom. The Labute approximate surface area is 198 Å². The average Bonchev–Trinajstić information content (AvgIpc) is 3.49. The molecule has 0 spiro atoms. The number of hydrogen-bond acceptors (Lipinski definition) is 8. The maximum absolute atomic E-state index is 12.4. The lowest BCUT2D eigenvalue weighted by Crippen LogP contribution is -2.32. The van der Waals surface area contributed by atoms with Gasteiger partial charge in [0.1, 0.15) is 5.00 Å². The molecule has 11 heteroatoms. The lowest BCUT2D eigenvalue weighted by Gasteiger charge is -2.14. The summed E-state index contributed by atoms with van der Waals surface area (Å²) >= 11 is 2.64. The number of primary amides is 1. The van der Waals surface area contributed by atoms with E-state index in [2.05, 4.69) is 10.6 Å². The van der Waals surface area contributed by atoms with Crippen molar-refractivity contribution in [1.29, 1.82) is 0 Å². The zero-order chi connectivity index (χ0) is 24.0. The monoisotopic (exact) mass is 491 g/mol. The molecule has 0 saturated carbocycles. The van der Waals surface area contributed by atoms with Crippen LogP contribution in [0.2, 0.25) is 0 Å². The van der Waals surface area contributed by atoms with Crippen molar-refractivity contribution in [2.45, 2.75) is 51.6 Å². The number of nitrogens with two attached hydrogens (primary N) is 1. The minimum absolute atomic E-state index is 0.0254. The standard InChI is InChI=1S/C22H25N3O6S2/c1-12(21(30)25-22-19(20(23)29)13-4-2-5-15(13)33-22)31-18(28)9-10-24-17(27)8-7-14(26)16-6-3-11-32-16/h3,6,11-12H,2,4-5,7-10H2,1H3,(H2,23,29)(H,24,27)(H,25,30). The Hall–Kier alpha value is -3.05. The number of fused-ring (bicyclic) bond motifs is 1. The molecule has 33 heavy (non-hydrogen) atoms. The van der Waals surface area contributed by atoms with Gasteiger partial charge in [-0.25, -0.2) is 0 Å². The average molecular weight is 492 g/mol. The van der Waals surface area contributed by atoms with Crippen molar-refractivity contribution in [3.8, 4) is 0 Å². The number of Topliss-reactive ketones (excluding diaryl/α,β-unsaturated/α-hetero) is 1. The summed E-state index contributed by atoms with van der Waals surface area (Å²) < 4.78 is 5.12. The van der Waals surface area contributed by atoms with Crippen molar-refractivity contribution >= 4 is 57.1 Å². The molecule has 1 aliphatic carbocycles. The second-order valence-electron chi connectivity index (χ2n) is 7.55. The van der Waals surface area contributed by atoms with Crippen LogP contribution in [0.5, 0.6) is 0 Å². The quantitative estimate of drug-likeness (QED) is 0.325. The van der Waals surface area contributed by atoms with Gasteiger partial charge in [-0.15, -0.1) is 22.7 Å². The van der Waals surface area contributed by atoms with Gasteiger partial charge in [-0.2, -0.15) is 0 Å². The molecule has 0 bridgehead atoms. The van der Waals surface area contributed by atoms with Crippen LogP contribution < -0.4 is 16.4 Å². The van der Waals surface area contributed by atoms with Crippen molar-refractivity contribution in [3.63, 3.8) is 0 Å². The molecule has 0 fully saturated rings. The summed E-state index contributed by atoms with van der Waals surface area (Å²) in [5, 5.41) is 7.37. The maximum atomic E-state index is 12.4. The van der Waals surface area contributed by atoms with E-state index in [-0.39, 0.29) is 37.5 Å². The molecule has 1 aliphatic rings. The molecule has 3 amide bonds. The summed E-state index contributed by atoms with van der Waals surface area (Å²) in [5.74, 6) is -2.27. The maximum Gasteiger partial charge on any atom is 0.308 e. The minimum atomic E-state index is -1.09. The van der Waals surface area contributed by atoms with Gasteiger partial charge in [-0.3, -0.25) is 24.0 Å². The molecule has 0 radical (unpaired) electrons. The van der Waals surface area contributed by atoms with E-state index in [0.29, 0.717) is 15.4 Å². The molecule has 2 aromatic rings. The first-order valence-corrected chi connectivity index (χ1v) is 12.2. The largest absolute Gasteiger partial charge is 0.452 e. The molecule has 4 N–H and O–H groups in total. The number of ether oxygens (including phenoxy) is 1. The fourth-order valence-corrected chi connectivity index (χ4v) is 5.45. The predicted molar refractivity (Wildman–Crippen MR) is 125 cm³/mol. The van der Waals surface area contributed by atoms with E-state index in [4.69, 9.17) is 10.5 Å². The van der Waals surface area contributed by atoms with Crippen LogP contribution in [0.3, 0.4) is 0 Å². The Morgan fingerprint density at radius 3 is 2.64 bits per heavy atom. The van der Waals surface area contributed by atoms with Gasteiger partial charge in [0, 0.05) is 24.3 Å². The third-order valence-corrected chi connectivity index (χ3v) is 7.23. The number of hydrogen-bond donors (Lipinski definition) is 3. The number of anilines is 1. The van der Waals surface area contributed by atoms with Gasteiger partial charge in [0.05, 0.1) is 16.9 Å². The third-order valence-electron chi connectivity index (χ3n) is 5.11. The summed E-state index contributed by atoms with van der Waals surface area (Å²) in [6.07, 6.45) is 1.44. The Kier molecular flexibility index (Phi) is 8.34. The topological polar surface area (TPSA) is 145 Å². The third kappa shape index (κ3) is 6.48. The molecule has 2 heterocycles. The first kappa shape index (κ1) is 24.6. The highest BCUT2D eigenvalue weighted by atomic mass is 32.1. The number of amides is 3. The van der Waals surface area contributed by atoms with Crippen LogP contribution in [0, 0.1) is 0 Å². The van der Waals surface area contributed by atoms with Crippen LogP contribution >= 0.6 is 22.7 Å². The minimum Gasteiger partial charge on any atom is -0.452 e. The summed E-state index contributed by atoms with van der Waals surface area (Å²) in [6, 6.07) is 3.48. The van der Waals surface area contributed by atoms with Gasteiger partial charge < -0.3 is 21.1 Å². The molecule has 2 aromatic heterocycles. The second kappa shape index (κ2) is 11.2. The van der Waals surface area contributed by atoms with E-state index >= 15 is 0 Å². The van der Waals surface area contributed by atoms with E-state index < -0.39 is 23.9 Å². The zero-order valence-electron chi connectivity index (χ0n) is 18.1. The predicted octanol–water partition coefficient (Wildman–Crippen LogP) is 2.44. The zero-order valence-corrected chi connectivity index (χ0v) is 19.7. The molecule has 0 aliphatic heterocycles. The Morgan fingerprint density at radius 1 is 1.15 bits per heavy atom. The number of nitrogens with one attached hydrogen (secondary N) is 2. The van der Waals surface area contributed by atoms with E-state index in [0.717, 1.165) is 29.7 Å². The van der Waals surface area contributed by atoms with Crippen molar-refractivity contribution in [1.82, 2.24) is 5.32 Å². The molecule has 9 nitrogen and oxygen atoms in total. The lowest BCUT2D eigenvalue weighted by molar-refractivity contribution is -0.153. The van der Waals surface area contributed by atoms with Gasteiger partial charge in [0.2, 0.25) is 5.91 Å². The van der Waals surface area contributed by atoms with Crippen LogP contribution in [0.15, 0.2) is 17.5 Å². The van der Waals surface area contributed by atoms with E-state index in [1.807, 2.05) is 0 Å². The normalized spacial score (nSPS) is 13.1. The Balaban J connectivity index is 1.39. The number of carbonyl (C=O) groups excluding carboxylic acids is 5. The fraction of sp³-hybridized carbons (Fsp3) is 0.409. The molecule has 3 rings (SSSR count). The highest BCUT2D eigenvalue weighted by molar-refractivity contribution is 7.17. The molecule has 1 unspecified atom stereocenters. The van der Waals surface area contributed by atoms with Crippen molar-refractivity contribution in [3.05, 3.63) is 38.4 Å². The smallest absolute Gasteiger partial charge is 0.308 e. The lowest BCUT2D eigenvalue weighted by atomic mass is 10.1. The van der Waals surface area contributed by atoms with Crippen LogP contribution in [-0.2, 0) is 32.0 Å². The van der Waals surface area contributed by atoms with Gasteiger partial charge in [0.25, 0.3) is 11.8 Å². The fourth-order valence-electron chi connectivity index (χ4n) is 3.46. The van der Waals surface area contributed by atoms with Gasteiger partial charge in [-0.1, -0.05) is 6.07 Å². The molecular weight excluding hydrogens is 466 g/mol. The van der Waals surface area contributed by atoms with Crippen molar-refractivity contribution in [2.75, 3.05) is 11.9 Å². The number of carbonyl (C=O) groups is 5. The summed E-state index contributed by atoms with van der Waals surface area (Å²) in [6.45, 7) is 1.45. The first-order valence-electron chi connectivity index (χ1n) is 10.5. The van der Waals surface area contributed by atoms with E-state index in [1.54, 1.807) is 17.5 Å². The van der Waals surface area contributed by atoms with E-state index in [9.17, 15) is 24.0 Å². The van der Waals surface area contributed by atoms with E-state index in [1.165, 1.54) is 29.6 Å².